The monoisotopic (exact) mass is 297 g/mol. The van der Waals surface area contributed by atoms with Crippen molar-refractivity contribution < 1.29 is 4.79 Å². The van der Waals surface area contributed by atoms with Crippen LogP contribution in [0.15, 0.2) is 48.7 Å². The van der Waals surface area contributed by atoms with Crippen LogP contribution in [0, 0.1) is 0 Å². The maximum absolute atomic E-state index is 12.3. The number of hydrogen-bond acceptors (Lipinski definition) is 3. The molecule has 0 spiro atoms. The molecule has 1 aromatic carbocycles. The molecule has 1 N–H and O–H groups in total. The van der Waals surface area contributed by atoms with Crippen molar-refractivity contribution in [2.24, 2.45) is 0 Å². The fraction of sp³-hybridized carbons (Fsp3) is 0.333. The van der Waals surface area contributed by atoms with Crippen molar-refractivity contribution in [3.63, 3.8) is 0 Å². The molecule has 0 radical (unpaired) electrons. The van der Waals surface area contributed by atoms with Gasteiger partial charge in [0.1, 0.15) is 5.69 Å². The standard InChI is InChI=1S/C18H23N3O/c1-3-12-21(13-4-2)16-10-11-19-17(14-16)18(22)20-15-8-6-5-7-9-15/h5-11,14H,3-4,12-13H2,1-2H3,(H,20,22). The van der Waals surface area contributed by atoms with Gasteiger partial charge in [0.05, 0.1) is 0 Å². The number of aromatic nitrogens is 1. The Kier molecular flexibility index (Phi) is 5.95. The fourth-order valence-electron chi connectivity index (χ4n) is 2.37. The molecule has 1 aromatic heterocycles. The Morgan fingerprint density at radius 1 is 1.09 bits per heavy atom. The zero-order valence-electron chi connectivity index (χ0n) is 13.2. The lowest BCUT2D eigenvalue weighted by atomic mass is 10.2. The van der Waals surface area contributed by atoms with Crippen LogP contribution in [-0.4, -0.2) is 24.0 Å². The largest absolute Gasteiger partial charge is 0.371 e. The molecule has 1 heterocycles. The number of pyridine rings is 1. The lowest BCUT2D eigenvalue weighted by molar-refractivity contribution is 0.102. The Labute approximate surface area is 132 Å². The van der Waals surface area contributed by atoms with Gasteiger partial charge in [0.2, 0.25) is 0 Å². The van der Waals surface area contributed by atoms with Gasteiger partial charge in [0, 0.05) is 30.7 Å². The first kappa shape index (κ1) is 16.0. The summed E-state index contributed by atoms with van der Waals surface area (Å²) in [6, 6.07) is 13.3. The third-order valence-corrected chi connectivity index (χ3v) is 3.36. The first-order valence-corrected chi connectivity index (χ1v) is 7.82. The molecule has 0 aliphatic rings. The van der Waals surface area contributed by atoms with Gasteiger partial charge in [0.15, 0.2) is 0 Å². The number of benzene rings is 1. The van der Waals surface area contributed by atoms with Crippen molar-refractivity contribution in [2.45, 2.75) is 26.7 Å². The van der Waals surface area contributed by atoms with Gasteiger partial charge in [0.25, 0.3) is 5.91 Å². The van der Waals surface area contributed by atoms with Crippen LogP contribution >= 0.6 is 0 Å². The summed E-state index contributed by atoms with van der Waals surface area (Å²) in [6.07, 6.45) is 3.86. The second-order valence-electron chi connectivity index (χ2n) is 5.21. The third-order valence-electron chi connectivity index (χ3n) is 3.36. The molecule has 0 unspecified atom stereocenters. The number of anilines is 2. The summed E-state index contributed by atoms with van der Waals surface area (Å²) in [7, 11) is 0. The van der Waals surface area contributed by atoms with E-state index in [1.165, 1.54) is 0 Å². The van der Waals surface area contributed by atoms with Crippen LogP contribution in [0.4, 0.5) is 11.4 Å². The van der Waals surface area contributed by atoms with Crippen molar-refractivity contribution in [2.75, 3.05) is 23.3 Å². The Balaban J connectivity index is 2.14. The van der Waals surface area contributed by atoms with Gasteiger partial charge in [-0.05, 0) is 37.1 Å². The maximum Gasteiger partial charge on any atom is 0.274 e. The summed E-state index contributed by atoms with van der Waals surface area (Å²) >= 11 is 0. The number of nitrogens with zero attached hydrogens (tertiary/aromatic N) is 2. The van der Waals surface area contributed by atoms with E-state index < -0.39 is 0 Å². The van der Waals surface area contributed by atoms with E-state index >= 15 is 0 Å². The van der Waals surface area contributed by atoms with Crippen LogP contribution < -0.4 is 10.2 Å². The van der Waals surface area contributed by atoms with E-state index in [2.05, 4.69) is 29.0 Å². The summed E-state index contributed by atoms with van der Waals surface area (Å²) in [6.45, 7) is 6.29. The summed E-state index contributed by atoms with van der Waals surface area (Å²) in [5.41, 5.74) is 2.27. The smallest absolute Gasteiger partial charge is 0.274 e. The van der Waals surface area contributed by atoms with Gasteiger partial charge in [-0.3, -0.25) is 9.78 Å². The predicted molar refractivity (Wildman–Crippen MR) is 91.4 cm³/mol. The molecule has 0 atom stereocenters. The second kappa shape index (κ2) is 8.17. The van der Waals surface area contributed by atoms with Crippen molar-refractivity contribution >= 4 is 17.3 Å². The summed E-state index contributed by atoms with van der Waals surface area (Å²) in [4.78, 5) is 18.8. The average molecular weight is 297 g/mol. The van der Waals surface area contributed by atoms with E-state index in [0.29, 0.717) is 5.69 Å². The normalized spacial score (nSPS) is 10.3. The molecular formula is C18H23N3O. The third kappa shape index (κ3) is 4.32. The van der Waals surface area contributed by atoms with Crippen molar-refractivity contribution in [1.29, 1.82) is 0 Å². The van der Waals surface area contributed by atoms with E-state index in [1.807, 2.05) is 42.5 Å². The Morgan fingerprint density at radius 3 is 2.41 bits per heavy atom. The Morgan fingerprint density at radius 2 is 1.77 bits per heavy atom. The highest BCUT2D eigenvalue weighted by Crippen LogP contribution is 2.16. The summed E-state index contributed by atoms with van der Waals surface area (Å²) < 4.78 is 0. The van der Waals surface area contributed by atoms with Crippen molar-refractivity contribution in [3.8, 4) is 0 Å². The number of rotatable bonds is 7. The van der Waals surface area contributed by atoms with Crippen LogP contribution in [0.3, 0.4) is 0 Å². The second-order valence-corrected chi connectivity index (χ2v) is 5.21. The molecule has 2 rings (SSSR count). The SMILES string of the molecule is CCCN(CCC)c1ccnc(C(=O)Nc2ccccc2)c1. The highest BCUT2D eigenvalue weighted by atomic mass is 16.1. The lowest BCUT2D eigenvalue weighted by Gasteiger charge is -2.23. The molecule has 4 heteroatoms. The van der Waals surface area contributed by atoms with Crippen LogP contribution in [0.25, 0.3) is 0 Å². The molecule has 0 aliphatic heterocycles. The van der Waals surface area contributed by atoms with Crippen LogP contribution in [0.1, 0.15) is 37.2 Å². The van der Waals surface area contributed by atoms with Gasteiger partial charge < -0.3 is 10.2 Å². The zero-order valence-corrected chi connectivity index (χ0v) is 13.2. The quantitative estimate of drug-likeness (QED) is 0.841. The van der Waals surface area contributed by atoms with Crippen molar-refractivity contribution in [3.05, 3.63) is 54.4 Å². The number of amides is 1. The highest BCUT2D eigenvalue weighted by molar-refractivity contribution is 6.03. The first-order valence-electron chi connectivity index (χ1n) is 7.82. The van der Waals surface area contributed by atoms with Gasteiger partial charge >= 0.3 is 0 Å². The highest BCUT2D eigenvalue weighted by Gasteiger charge is 2.11. The number of carbonyl (C=O) groups is 1. The molecule has 0 aliphatic carbocycles. The first-order chi connectivity index (χ1) is 10.7. The van der Waals surface area contributed by atoms with Gasteiger partial charge in [-0.25, -0.2) is 0 Å². The molecule has 0 saturated heterocycles. The zero-order chi connectivity index (χ0) is 15.8. The van der Waals surface area contributed by atoms with Crippen LogP contribution in [-0.2, 0) is 0 Å². The summed E-state index contributed by atoms with van der Waals surface area (Å²) in [5.74, 6) is -0.180. The number of carbonyl (C=O) groups excluding carboxylic acids is 1. The van der Waals surface area contributed by atoms with Gasteiger partial charge in [-0.1, -0.05) is 32.0 Å². The molecule has 0 saturated carbocycles. The molecule has 4 nitrogen and oxygen atoms in total. The minimum Gasteiger partial charge on any atom is -0.371 e. The number of hydrogen-bond donors (Lipinski definition) is 1. The lowest BCUT2D eigenvalue weighted by Crippen LogP contribution is -2.25. The fourth-order valence-corrected chi connectivity index (χ4v) is 2.37. The van der Waals surface area contributed by atoms with E-state index in [4.69, 9.17) is 0 Å². The molecule has 0 bridgehead atoms. The Hall–Kier alpha value is -2.36. The number of para-hydroxylation sites is 1. The molecule has 116 valence electrons. The van der Waals surface area contributed by atoms with Crippen LogP contribution in [0.2, 0.25) is 0 Å². The van der Waals surface area contributed by atoms with Crippen molar-refractivity contribution in [1.82, 2.24) is 4.98 Å². The molecule has 1 amide bonds. The summed E-state index contributed by atoms with van der Waals surface area (Å²) in [5, 5.41) is 2.87. The number of nitrogens with one attached hydrogen (secondary N) is 1. The average Bonchev–Trinajstić information content (AvgIpc) is 2.56. The topological polar surface area (TPSA) is 45.2 Å². The predicted octanol–water partition coefficient (Wildman–Crippen LogP) is 3.96. The van der Waals surface area contributed by atoms with Gasteiger partial charge in [-0.2, -0.15) is 0 Å². The van der Waals surface area contributed by atoms with E-state index in [-0.39, 0.29) is 5.91 Å². The minimum absolute atomic E-state index is 0.180. The van der Waals surface area contributed by atoms with E-state index in [9.17, 15) is 4.79 Å². The van der Waals surface area contributed by atoms with E-state index in [1.54, 1.807) is 6.20 Å². The maximum atomic E-state index is 12.3. The van der Waals surface area contributed by atoms with Gasteiger partial charge in [-0.15, -0.1) is 0 Å². The molecule has 22 heavy (non-hydrogen) atoms. The van der Waals surface area contributed by atoms with E-state index in [0.717, 1.165) is 37.3 Å². The Bertz CT molecular complexity index is 592. The molecular weight excluding hydrogens is 274 g/mol. The van der Waals surface area contributed by atoms with Crippen LogP contribution in [0.5, 0.6) is 0 Å². The minimum atomic E-state index is -0.180. The molecule has 0 fully saturated rings. The molecule has 2 aromatic rings.